The summed E-state index contributed by atoms with van der Waals surface area (Å²) in [6.07, 6.45) is 9.19. The first-order chi connectivity index (χ1) is 10.1. The summed E-state index contributed by atoms with van der Waals surface area (Å²) in [6.45, 7) is 2.21. The highest BCUT2D eigenvalue weighted by atomic mass is 32.2. The maximum atomic E-state index is 11.9. The van der Waals surface area contributed by atoms with Crippen molar-refractivity contribution < 1.29 is 14.7 Å². The minimum Gasteiger partial charge on any atom is -0.480 e. The summed E-state index contributed by atoms with van der Waals surface area (Å²) in [4.78, 5) is 23.0. The van der Waals surface area contributed by atoms with Gasteiger partial charge in [-0.3, -0.25) is 0 Å². The Morgan fingerprint density at radius 3 is 2.48 bits per heavy atom. The third-order valence-electron chi connectivity index (χ3n) is 4.09. The highest BCUT2D eigenvalue weighted by molar-refractivity contribution is 7.98. The zero-order chi connectivity index (χ0) is 15.7. The van der Waals surface area contributed by atoms with Crippen molar-refractivity contribution in [1.29, 1.82) is 0 Å². The molecule has 6 heteroatoms. The van der Waals surface area contributed by atoms with Crippen LogP contribution in [0.15, 0.2) is 0 Å². The Balaban J connectivity index is 2.31. The zero-order valence-corrected chi connectivity index (χ0v) is 13.9. The molecular formula is C15H28N2O3S. The molecular weight excluding hydrogens is 288 g/mol. The topological polar surface area (TPSA) is 78.4 Å². The second-order valence-electron chi connectivity index (χ2n) is 5.80. The Morgan fingerprint density at radius 1 is 1.29 bits per heavy atom. The van der Waals surface area contributed by atoms with Crippen molar-refractivity contribution in [3.63, 3.8) is 0 Å². The van der Waals surface area contributed by atoms with E-state index in [1.54, 1.807) is 11.8 Å². The van der Waals surface area contributed by atoms with Crippen LogP contribution in [0, 0.1) is 5.92 Å². The lowest BCUT2D eigenvalue weighted by molar-refractivity contribution is -0.139. The van der Waals surface area contributed by atoms with Crippen LogP contribution in [0.25, 0.3) is 0 Å². The fraction of sp³-hybridized carbons (Fsp3) is 0.867. The maximum Gasteiger partial charge on any atom is 0.326 e. The molecule has 1 atom stereocenters. The molecule has 1 aliphatic carbocycles. The highest BCUT2D eigenvalue weighted by Gasteiger charge is 2.24. The van der Waals surface area contributed by atoms with Crippen LogP contribution in [-0.2, 0) is 4.79 Å². The van der Waals surface area contributed by atoms with Gasteiger partial charge < -0.3 is 15.7 Å². The molecule has 0 bridgehead atoms. The normalized spacial score (nSPS) is 23.3. The van der Waals surface area contributed by atoms with Gasteiger partial charge >= 0.3 is 12.0 Å². The van der Waals surface area contributed by atoms with E-state index in [4.69, 9.17) is 5.11 Å². The standard InChI is InChI=1S/C15H28N2O3S/c1-3-4-11-5-7-12(8-6-11)16-15(20)17-13(14(18)19)9-10-21-2/h11-13H,3-10H2,1-2H3,(H,18,19)(H2,16,17,20)/t11?,12?,13-/m1/s1. The van der Waals surface area contributed by atoms with Crippen molar-refractivity contribution in [3.05, 3.63) is 0 Å². The number of rotatable bonds is 8. The van der Waals surface area contributed by atoms with Crippen LogP contribution in [0.2, 0.25) is 0 Å². The summed E-state index contributed by atoms with van der Waals surface area (Å²) in [6, 6.07) is -0.954. The Bertz CT molecular complexity index is 331. The SMILES string of the molecule is CCCC1CCC(NC(=O)N[C@H](CCSC)C(=O)O)CC1. The van der Waals surface area contributed by atoms with E-state index in [-0.39, 0.29) is 12.1 Å². The fourth-order valence-electron chi connectivity index (χ4n) is 2.88. The predicted molar refractivity (Wildman–Crippen MR) is 86.7 cm³/mol. The van der Waals surface area contributed by atoms with Gasteiger partial charge in [0.25, 0.3) is 0 Å². The minimum atomic E-state index is -0.967. The second-order valence-corrected chi connectivity index (χ2v) is 6.78. The zero-order valence-electron chi connectivity index (χ0n) is 13.1. The number of thioether (sulfide) groups is 1. The Kier molecular flexibility index (Phi) is 8.57. The average Bonchev–Trinajstić information content (AvgIpc) is 2.45. The van der Waals surface area contributed by atoms with Gasteiger partial charge in [-0.2, -0.15) is 11.8 Å². The van der Waals surface area contributed by atoms with Gasteiger partial charge in [-0.25, -0.2) is 9.59 Å². The Labute approximate surface area is 131 Å². The monoisotopic (exact) mass is 316 g/mol. The Hall–Kier alpha value is -0.910. The third-order valence-corrected chi connectivity index (χ3v) is 4.74. The molecule has 0 spiro atoms. The number of carbonyl (C=O) groups excluding carboxylic acids is 1. The van der Waals surface area contributed by atoms with E-state index in [1.165, 1.54) is 12.8 Å². The van der Waals surface area contributed by atoms with Crippen molar-refractivity contribution in [1.82, 2.24) is 10.6 Å². The van der Waals surface area contributed by atoms with Gasteiger partial charge in [-0.15, -0.1) is 0 Å². The molecule has 1 aliphatic rings. The van der Waals surface area contributed by atoms with E-state index < -0.39 is 12.0 Å². The molecule has 0 unspecified atom stereocenters. The van der Waals surface area contributed by atoms with Crippen molar-refractivity contribution in [2.75, 3.05) is 12.0 Å². The molecule has 3 N–H and O–H groups in total. The van der Waals surface area contributed by atoms with Crippen LogP contribution in [0.1, 0.15) is 51.9 Å². The van der Waals surface area contributed by atoms with Crippen molar-refractivity contribution in [2.45, 2.75) is 64.0 Å². The molecule has 0 aromatic heterocycles. The molecule has 0 aliphatic heterocycles. The number of urea groups is 1. The van der Waals surface area contributed by atoms with Crippen LogP contribution < -0.4 is 10.6 Å². The van der Waals surface area contributed by atoms with Gasteiger partial charge in [0.15, 0.2) is 0 Å². The van der Waals surface area contributed by atoms with E-state index >= 15 is 0 Å². The summed E-state index contributed by atoms with van der Waals surface area (Å²) in [5, 5.41) is 14.6. The van der Waals surface area contributed by atoms with Crippen LogP contribution in [0.4, 0.5) is 4.79 Å². The lowest BCUT2D eigenvalue weighted by Crippen LogP contribution is -2.49. The van der Waals surface area contributed by atoms with E-state index in [0.29, 0.717) is 6.42 Å². The van der Waals surface area contributed by atoms with Crippen molar-refractivity contribution in [2.24, 2.45) is 5.92 Å². The highest BCUT2D eigenvalue weighted by Crippen LogP contribution is 2.27. The molecule has 122 valence electrons. The van der Waals surface area contributed by atoms with Gasteiger partial charge in [0.05, 0.1) is 0 Å². The van der Waals surface area contributed by atoms with E-state index in [9.17, 15) is 9.59 Å². The van der Waals surface area contributed by atoms with Crippen LogP contribution >= 0.6 is 11.8 Å². The molecule has 0 radical (unpaired) electrons. The number of carboxylic acid groups (broad SMARTS) is 1. The summed E-state index contributed by atoms with van der Waals surface area (Å²) < 4.78 is 0. The molecule has 0 aromatic rings. The second kappa shape index (κ2) is 9.92. The number of aliphatic carboxylic acids is 1. The molecule has 0 aromatic carbocycles. The first-order valence-electron chi connectivity index (χ1n) is 7.85. The molecule has 0 saturated heterocycles. The van der Waals surface area contributed by atoms with Gasteiger partial charge in [-0.1, -0.05) is 19.8 Å². The number of amides is 2. The predicted octanol–water partition coefficient (Wildman–Crippen LogP) is 2.85. The average molecular weight is 316 g/mol. The minimum absolute atomic E-state index is 0.188. The molecule has 0 heterocycles. The fourth-order valence-corrected chi connectivity index (χ4v) is 3.35. The molecule has 21 heavy (non-hydrogen) atoms. The van der Waals surface area contributed by atoms with Crippen molar-refractivity contribution in [3.8, 4) is 0 Å². The molecule has 1 rings (SSSR count). The lowest BCUT2D eigenvalue weighted by Gasteiger charge is -2.29. The van der Waals surface area contributed by atoms with E-state index in [1.807, 2.05) is 6.26 Å². The molecule has 1 fully saturated rings. The first-order valence-corrected chi connectivity index (χ1v) is 9.25. The number of hydrogen-bond donors (Lipinski definition) is 3. The Morgan fingerprint density at radius 2 is 1.95 bits per heavy atom. The van der Waals surface area contributed by atoms with Crippen molar-refractivity contribution >= 4 is 23.8 Å². The van der Waals surface area contributed by atoms with Crippen LogP contribution in [0.3, 0.4) is 0 Å². The number of carbonyl (C=O) groups is 2. The number of carboxylic acids is 1. The number of nitrogens with one attached hydrogen (secondary N) is 2. The number of hydrogen-bond acceptors (Lipinski definition) is 3. The summed E-state index contributed by atoms with van der Waals surface area (Å²) in [7, 11) is 0. The van der Waals surface area contributed by atoms with Gasteiger partial charge in [0, 0.05) is 6.04 Å². The van der Waals surface area contributed by atoms with Gasteiger partial charge in [-0.05, 0) is 50.0 Å². The van der Waals surface area contributed by atoms with Gasteiger partial charge in [0.1, 0.15) is 6.04 Å². The molecule has 2 amide bonds. The summed E-state index contributed by atoms with van der Waals surface area (Å²) in [5.74, 6) is 0.551. The smallest absolute Gasteiger partial charge is 0.326 e. The molecule has 5 nitrogen and oxygen atoms in total. The maximum absolute atomic E-state index is 11.9. The first kappa shape index (κ1) is 18.1. The lowest BCUT2D eigenvalue weighted by atomic mass is 9.83. The van der Waals surface area contributed by atoms with E-state index in [0.717, 1.165) is 37.4 Å². The largest absolute Gasteiger partial charge is 0.480 e. The van der Waals surface area contributed by atoms with Crippen LogP contribution in [-0.4, -0.2) is 41.2 Å². The molecule has 1 saturated carbocycles. The summed E-state index contributed by atoms with van der Waals surface area (Å²) in [5.41, 5.74) is 0. The van der Waals surface area contributed by atoms with E-state index in [2.05, 4.69) is 17.6 Å². The quantitative estimate of drug-likeness (QED) is 0.643. The van der Waals surface area contributed by atoms with Crippen LogP contribution in [0.5, 0.6) is 0 Å². The summed E-state index contributed by atoms with van der Waals surface area (Å²) >= 11 is 1.58. The van der Waals surface area contributed by atoms with Gasteiger partial charge in [0.2, 0.25) is 0 Å². The third kappa shape index (κ3) is 7.07.